The Balaban J connectivity index is 2.27. The molecule has 3 heteroatoms. The fourth-order valence-electron chi connectivity index (χ4n) is 1.41. The number of thioether (sulfide) groups is 1. The molecule has 2 rings (SSSR count). The summed E-state index contributed by atoms with van der Waals surface area (Å²) >= 11 is 1.90. The second kappa shape index (κ2) is 3.58. The third kappa shape index (κ3) is 1.80. The van der Waals surface area contributed by atoms with Crippen molar-refractivity contribution in [1.29, 1.82) is 0 Å². The van der Waals surface area contributed by atoms with Gasteiger partial charge in [0.05, 0.1) is 5.69 Å². The van der Waals surface area contributed by atoms with Crippen molar-refractivity contribution in [1.82, 2.24) is 4.98 Å². The van der Waals surface area contributed by atoms with Gasteiger partial charge >= 0.3 is 0 Å². The Bertz CT molecular complexity index is 312. The highest BCUT2D eigenvalue weighted by Crippen LogP contribution is 2.34. The van der Waals surface area contributed by atoms with Crippen LogP contribution in [0.5, 0.6) is 0 Å². The van der Waals surface area contributed by atoms with Gasteiger partial charge in [-0.1, -0.05) is 18.7 Å². The predicted molar refractivity (Wildman–Crippen MR) is 57.4 cm³/mol. The second-order valence-corrected chi connectivity index (χ2v) is 4.62. The number of nitrogens with one attached hydrogen (secondary N) is 1. The van der Waals surface area contributed by atoms with E-state index < -0.39 is 0 Å². The molecule has 0 saturated carbocycles. The number of rotatable bonds is 1. The lowest BCUT2D eigenvalue weighted by Crippen LogP contribution is -2.21. The van der Waals surface area contributed by atoms with Gasteiger partial charge in [-0.3, -0.25) is 0 Å². The Labute approximate surface area is 83.1 Å². The van der Waals surface area contributed by atoms with Crippen LogP contribution in [0.4, 0.5) is 5.69 Å². The SMILES string of the molecule is CCC1CNc2ccc(C)nc2S1. The third-order valence-corrected chi connectivity index (χ3v) is 3.62. The van der Waals surface area contributed by atoms with Gasteiger partial charge in [0, 0.05) is 17.5 Å². The number of aromatic nitrogens is 1. The lowest BCUT2D eigenvalue weighted by atomic mass is 10.3. The van der Waals surface area contributed by atoms with Gasteiger partial charge in [-0.25, -0.2) is 4.98 Å². The topological polar surface area (TPSA) is 24.9 Å². The highest BCUT2D eigenvalue weighted by molar-refractivity contribution is 8.00. The molecule has 1 unspecified atom stereocenters. The molecule has 1 aromatic heterocycles. The minimum atomic E-state index is 0.682. The summed E-state index contributed by atoms with van der Waals surface area (Å²) in [6, 6.07) is 4.18. The molecule has 0 fully saturated rings. The first-order valence-electron chi connectivity index (χ1n) is 4.67. The Morgan fingerprint density at radius 3 is 3.23 bits per heavy atom. The molecule has 2 heterocycles. The minimum absolute atomic E-state index is 0.682. The maximum Gasteiger partial charge on any atom is 0.120 e. The molecule has 13 heavy (non-hydrogen) atoms. The predicted octanol–water partition coefficient (Wildman–Crippen LogP) is 2.69. The summed E-state index contributed by atoms with van der Waals surface area (Å²) in [5.74, 6) is 0. The number of hydrogen-bond donors (Lipinski definition) is 1. The van der Waals surface area contributed by atoms with Crippen LogP contribution in [0, 0.1) is 6.92 Å². The molecule has 0 aliphatic carbocycles. The van der Waals surface area contributed by atoms with Crippen LogP contribution < -0.4 is 5.32 Å². The molecule has 2 nitrogen and oxygen atoms in total. The maximum atomic E-state index is 4.51. The molecule has 1 aliphatic heterocycles. The number of fused-ring (bicyclic) bond motifs is 1. The van der Waals surface area contributed by atoms with E-state index in [-0.39, 0.29) is 0 Å². The smallest absolute Gasteiger partial charge is 0.120 e. The summed E-state index contributed by atoms with van der Waals surface area (Å²) in [5.41, 5.74) is 2.30. The van der Waals surface area contributed by atoms with Crippen molar-refractivity contribution in [2.45, 2.75) is 30.5 Å². The molecular weight excluding hydrogens is 180 g/mol. The van der Waals surface area contributed by atoms with Crippen molar-refractivity contribution in [2.75, 3.05) is 11.9 Å². The van der Waals surface area contributed by atoms with Gasteiger partial charge < -0.3 is 5.32 Å². The van der Waals surface area contributed by atoms with E-state index in [1.165, 1.54) is 12.1 Å². The summed E-state index contributed by atoms with van der Waals surface area (Å²) in [5, 5.41) is 5.25. The monoisotopic (exact) mass is 194 g/mol. The Morgan fingerprint density at radius 1 is 1.62 bits per heavy atom. The van der Waals surface area contributed by atoms with Crippen LogP contribution in [0.15, 0.2) is 17.2 Å². The van der Waals surface area contributed by atoms with Crippen LogP contribution in [-0.2, 0) is 0 Å². The summed E-state index contributed by atoms with van der Waals surface area (Å²) < 4.78 is 0. The molecular formula is C10H14N2S. The van der Waals surface area contributed by atoms with Crippen LogP contribution in [-0.4, -0.2) is 16.8 Å². The van der Waals surface area contributed by atoms with E-state index in [1.54, 1.807) is 0 Å². The quantitative estimate of drug-likeness (QED) is 0.744. The number of pyridine rings is 1. The number of hydrogen-bond acceptors (Lipinski definition) is 3. The van der Waals surface area contributed by atoms with E-state index in [2.05, 4.69) is 29.4 Å². The first kappa shape index (κ1) is 8.88. The number of anilines is 1. The van der Waals surface area contributed by atoms with Crippen LogP contribution in [0.2, 0.25) is 0 Å². The molecule has 0 amide bonds. The van der Waals surface area contributed by atoms with E-state index in [0.29, 0.717) is 5.25 Å². The highest BCUT2D eigenvalue weighted by atomic mass is 32.2. The molecule has 70 valence electrons. The zero-order valence-electron chi connectivity index (χ0n) is 8.00. The van der Waals surface area contributed by atoms with Crippen molar-refractivity contribution in [3.8, 4) is 0 Å². The molecule has 1 atom stereocenters. The summed E-state index contributed by atoms with van der Waals surface area (Å²) in [6.45, 7) is 5.33. The first-order valence-corrected chi connectivity index (χ1v) is 5.55. The third-order valence-electron chi connectivity index (χ3n) is 2.25. The summed E-state index contributed by atoms with van der Waals surface area (Å²) in [7, 11) is 0. The number of nitrogens with zero attached hydrogens (tertiary/aromatic N) is 1. The van der Waals surface area contributed by atoms with E-state index in [9.17, 15) is 0 Å². The zero-order chi connectivity index (χ0) is 9.26. The lowest BCUT2D eigenvalue weighted by Gasteiger charge is -2.23. The van der Waals surface area contributed by atoms with Gasteiger partial charge in [0.15, 0.2) is 0 Å². The van der Waals surface area contributed by atoms with Gasteiger partial charge in [-0.05, 0) is 25.5 Å². The van der Waals surface area contributed by atoms with E-state index >= 15 is 0 Å². The fourth-order valence-corrected chi connectivity index (χ4v) is 2.52. The average molecular weight is 194 g/mol. The normalized spacial score (nSPS) is 20.6. The average Bonchev–Trinajstić information content (AvgIpc) is 2.16. The van der Waals surface area contributed by atoms with Gasteiger partial charge in [-0.15, -0.1) is 0 Å². The van der Waals surface area contributed by atoms with E-state index in [4.69, 9.17) is 0 Å². The largest absolute Gasteiger partial charge is 0.382 e. The Hall–Kier alpha value is -0.700. The molecule has 1 aromatic rings. The molecule has 1 aliphatic rings. The van der Waals surface area contributed by atoms with Crippen molar-refractivity contribution >= 4 is 17.4 Å². The van der Waals surface area contributed by atoms with Gasteiger partial charge in [0.1, 0.15) is 5.03 Å². The summed E-state index contributed by atoms with van der Waals surface area (Å²) in [6.07, 6.45) is 1.20. The summed E-state index contributed by atoms with van der Waals surface area (Å²) in [4.78, 5) is 4.51. The second-order valence-electron chi connectivity index (χ2n) is 3.33. The van der Waals surface area contributed by atoms with Crippen molar-refractivity contribution < 1.29 is 0 Å². The van der Waals surface area contributed by atoms with Gasteiger partial charge in [-0.2, -0.15) is 0 Å². The molecule has 0 saturated heterocycles. The van der Waals surface area contributed by atoms with Crippen molar-refractivity contribution in [2.24, 2.45) is 0 Å². The molecule has 0 spiro atoms. The standard InChI is InChI=1S/C10H14N2S/c1-3-8-6-11-9-5-4-7(2)12-10(9)13-8/h4-5,8,11H,3,6H2,1-2H3. The van der Waals surface area contributed by atoms with Gasteiger partial charge in [0.25, 0.3) is 0 Å². The van der Waals surface area contributed by atoms with Crippen LogP contribution in [0.1, 0.15) is 19.0 Å². The molecule has 0 bridgehead atoms. The maximum absolute atomic E-state index is 4.51. The van der Waals surface area contributed by atoms with Gasteiger partial charge in [0.2, 0.25) is 0 Å². The Morgan fingerprint density at radius 2 is 2.46 bits per heavy atom. The van der Waals surface area contributed by atoms with E-state index in [0.717, 1.165) is 17.3 Å². The van der Waals surface area contributed by atoms with Crippen molar-refractivity contribution in [3.63, 3.8) is 0 Å². The molecule has 0 radical (unpaired) electrons. The Kier molecular flexibility index (Phi) is 2.44. The van der Waals surface area contributed by atoms with Crippen LogP contribution in [0.3, 0.4) is 0 Å². The molecule has 1 N–H and O–H groups in total. The van der Waals surface area contributed by atoms with E-state index in [1.807, 2.05) is 18.7 Å². The van der Waals surface area contributed by atoms with Crippen molar-refractivity contribution in [3.05, 3.63) is 17.8 Å². The minimum Gasteiger partial charge on any atom is -0.382 e. The number of aryl methyl sites for hydroxylation is 1. The first-order chi connectivity index (χ1) is 6.29. The zero-order valence-corrected chi connectivity index (χ0v) is 8.82. The lowest BCUT2D eigenvalue weighted by molar-refractivity contribution is 0.831. The van der Waals surface area contributed by atoms with Crippen LogP contribution >= 0.6 is 11.8 Å². The van der Waals surface area contributed by atoms with Crippen LogP contribution in [0.25, 0.3) is 0 Å². The molecule has 0 aromatic carbocycles. The fraction of sp³-hybridized carbons (Fsp3) is 0.500. The highest BCUT2D eigenvalue weighted by Gasteiger charge is 2.17.